The van der Waals surface area contributed by atoms with Crippen LogP contribution in [-0.2, 0) is 13.0 Å². The van der Waals surface area contributed by atoms with Crippen molar-refractivity contribution in [1.29, 1.82) is 0 Å². The molecule has 1 aliphatic rings. The number of amides is 2. The summed E-state index contributed by atoms with van der Waals surface area (Å²) in [6, 6.07) is 9.40. The molecular formula is C25H34N2O3. The van der Waals surface area contributed by atoms with Crippen LogP contribution in [0.3, 0.4) is 0 Å². The van der Waals surface area contributed by atoms with Gasteiger partial charge in [-0.25, -0.2) is 4.79 Å². The van der Waals surface area contributed by atoms with E-state index >= 15 is 0 Å². The zero-order valence-electron chi connectivity index (χ0n) is 18.2. The molecule has 1 aliphatic heterocycles. The second-order valence-electron chi connectivity index (χ2n) is 8.29. The number of aryl methyl sites for hydroxylation is 2. The van der Waals surface area contributed by atoms with Crippen LogP contribution in [0.4, 0.5) is 4.79 Å². The molecule has 0 spiro atoms. The molecule has 2 aromatic rings. The molecule has 2 aromatic carbocycles. The molecule has 162 valence electrons. The van der Waals surface area contributed by atoms with Gasteiger partial charge in [0.2, 0.25) is 0 Å². The maximum atomic E-state index is 12.6. The molecule has 0 radical (unpaired) electrons. The van der Waals surface area contributed by atoms with Crippen molar-refractivity contribution in [2.75, 3.05) is 13.1 Å². The average molecular weight is 411 g/mol. The van der Waals surface area contributed by atoms with E-state index in [4.69, 9.17) is 0 Å². The lowest BCUT2D eigenvalue weighted by Crippen LogP contribution is -2.42. The number of unbranched alkanes of at least 4 members (excludes halogenated alkanes) is 2. The van der Waals surface area contributed by atoms with Crippen molar-refractivity contribution in [3.05, 3.63) is 47.0 Å². The van der Waals surface area contributed by atoms with E-state index in [-0.39, 0.29) is 24.1 Å². The van der Waals surface area contributed by atoms with Gasteiger partial charge in [-0.3, -0.25) is 0 Å². The predicted octanol–water partition coefficient (Wildman–Crippen LogP) is 5.50. The summed E-state index contributed by atoms with van der Waals surface area (Å²) in [5.74, 6) is 0.141. The van der Waals surface area contributed by atoms with Crippen LogP contribution in [-0.4, -0.2) is 34.2 Å². The molecule has 0 aliphatic carbocycles. The predicted molar refractivity (Wildman–Crippen MR) is 121 cm³/mol. The summed E-state index contributed by atoms with van der Waals surface area (Å²) in [6.45, 7) is 5.95. The molecule has 0 bridgehead atoms. The minimum absolute atomic E-state index is 0.0612. The Kier molecular flexibility index (Phi) is 7.61. The maximum absolute atomic E-state index is 12.6. The monoisotopic (exact) mass is 410 g/mol. The molecule has 3 N–H and O–H groups in total. The van der Waals surface area contributed by atoms with Crippen LogP contribution in [0.25, 0.3) is 11.1 Å². The van der Waals surface area contributed by atoms with Crippen LogP contribution >= 0.6 is 0 Å². The van der Waals surface area contributed by atoms with E-state index < -0.39 is 0 Å². The molecule has 0 saturated carbocycles. The SMILES string of the molecule is CCCCCc1cc(O)c(-c2cccc(C)c2)c(O)c1CNC(=O)N1CCCCC1. The third-order valence-electron chi connectivity index (χ3n) is 5.89. The Morgan fingerprint density at radius 3 is 2.57 bits per heavy atom. The van der Waals surface area contributed by atoms with Crippen molar-refractivity contribution in [2.45, 2.75) is 65.3 Å². The highest BCUT2D eigenvalue weighted by Gasteiger charge is 2.21. The van der Waals surface area contributed by atoms with Crippen LogP contribution in [0.5, 0.6) is 11.5 Å². The Hall–Kier alpha value is -2.69. The van der Waals surface area contributed by atoms with Gasteiger partial charge in [-0.2, -0.15) is 0 Å². The van der Waals surface area contributed by atoms with Crippen LogP contribution < -0.4 is 5.32 Å². The molecule has 0 unspecified atom stereocenters. The normalized spacial score (nSPS) is 14.0. The minimum Gasteiger partial charge on any atom is -0.507 e. The summed E-state index contributed by atoms with van der Waals surface area (Å²) in [5, 5.41) is 24.9. The molecule has 1 saturated heterocycles. The van der Waals surface area contributed by atoms with Crippen LogP contribution in [0.1, 0.15) is 62.1 Å². The first-order valence-electron chi connectivity index (χ1n) is 11.2. The van der Waals surface area contributed by atoms with E-state index in [1.165, 1.54) is 6.42 Å². The number of likely N-dealkylation sites (tertiary alicyclic amines) is 1. The summed E-state index contributed by atoms with van der Waals surface area (Å²) in [6.07, 6.45) is 7.17. The molecule has 1 heterocycles. The summed E-state index contributed by atoms with van der Waals surface area (Å²) in [5.41, 5.74) is 3.85. The molecule has 0 atom stereocenters. The van der Waals surface area contributed by atoms with Gasteiger partial charge < -0.3 is 20.4 Å². The van der Waals surface area contributed by atoms with Gasteiger partial charge in [-0.05, 0) is 56.2 Å². The van der Waals surface area contributed by atoms with E-state index in [1.54, 1.807) is 6.07 Å². The summed E-state index contributed by atoms with van der Waals surface area (Å²) in [7, 11) is 0. The highest BCUT2D eigenvalue weighted by Crippen LogP contribution is 2.42. The number of phenolic OH excluding ortho intramolecular Hbond substituents is 2. The van der Waals surface area contributed by atoms with Crippen molar-refractivity contribution in [3.63, 3.8) is 0 Å². The third kappa shape index (κ3) is 5.26. The Morgan fingerprint density at radius 1 is 1.10 bits per heavy atom. The number of piperidine rings is 1. The number of phenols is 2. The number of aromatic hydroxyl groups is 2. The van der Waals surface area contributed by atoms with Crippen LogP contribution in [0, 0.1) is 6.92 Å². The molecular weight excluding hydrogens is 376 g/mol. The van der Waals surface area contributed by atoms with Crippen molar-refractivity contribution in [2.24, 2.45) is 0 Å². The lowest BCUT2D eigenvalue weighted by molar-refractivity contribution is 0.186. The fourth-order valence-electron chi connectivity index (χ4n) is 4.19. The van der Waals surface area contributed by atoms with E-state index in [1.807, 2.05) is 36.1 Å². The van der Waals surface area contributed by atoms with Gasteiger partial charge in [0.05, 0.1) is 5.56 Å². The van der Waals surface area contributed by atoms with Gasteiger partial charge in [-0.1, -0.05) is 49.6 Å². The van der Waals surface area contributed by atoms with Crippen molar-refractivity contribution in [3.8, 4) is 22.6 Å². The topological polar surface area (TPSA) is 72.8 Å². The first-order valence-corrected chi connectivity index (χ1v) is 11.2. The number of carbonyl (C=O) groups excluding carboxylic acids is 1. The molecule has 3 rings (SSSR count). The summed E-state index contributed by atoms with van der Waals surface area (Å²) < 4.78 is 0. The third-order valence-corrected chi connectivity index (χ3v) is 5.89. The minimum atomic E-state index is -0.0845. The first-order chi connectivity index (χ1) is 14.5. The Balaban J connectivity index is 1.90. The Labute approximate surface area is 179 Å². The van der Waals surface area contributed by atoms with Gasteiger partial charge in [0.15, 0.2) is 0 Å². The lowest BCUT2D eigenvalue weighted by atomic mass is 9.93. The lowest BCUT2D eigenvalue weighted by Gasteiger charge is -2.27. The zero-order valence-corrected chi connectivity index (χ0v) is 18.2. The number of rotatable bonds is 7. The molecule has 30 heavy (non-hydrogen) atoms. The van der Waals surface area contributed by atoms with Gasteiger partial charge in [0.1, 0.15) is 11.5 Å². The van der Waals surface area contributed by atoms with Gasteiger partial charge >= 0.3 is 6.03 Å². The fourth-order valence-corrected chi connectivity index (χ4v) is 4.19. The van der Waals surface area contributed by atoms with Gasteiger partial charge in [0.25, 0.3) is 0 Å². The number of hydrogen-bond acceptors (Lipinski definition) is 3. The molecule has 5 heteroatoms. The zero-order chi connectivity index (χ0) is 21.5. The quantitative estimate of drug-likeness (QED) is 0.528. The largest absolute Gasteiger partial charge is 0.507 e. The number of hydrogen-bond donors (Lipinski definition) is 3. The van der Waals surface area contributed by atoms with Gasteiger partial charge in [-0.15, -0.1) is 0 Å². The second kappa shape index (κ2) is 10.4. The smallest absolute Gasteiger partial charge is 0.317 e. The second-order valence-corrected chi connectivity index (χ2v) is 8.29. The van der Waals surface area contributed by atoms with Crippen molar-refractivity contribution >= 4 is 6.03 Å². The molecule has 2 amide bonds. The fraction of sp³-hybridized carbons (Fsp3) is 0.480. The summed E-state index contributed by atoms with van der Waals surface area (Å²) in [4.78, 5) is 14.5. The molecule has 1 fully saturated rings. The Morgan fingerprint density at radius 2 is 1.87 bits per heavy atom. The van der Waals surface area contributed by atoms with Crippen LogP contribution in [0.2, 0.25) is 0 Å². The van der Waals surface area contributed by atoms with Crippen LogP contribution in [0.15, 0.2) is 30.3 Å². The number of nitrogens with zero attached hydrogens (tertiary/aromatic N) is 1. The average Bonchev–Trinajstić information content (AvgIpc) is 2.74. The van der Waals surface area contributed by atoms with Crippen molar-refractivity contribution < 1.29 is 15.0 Å². The molecule has 0 aromatic heterocycles. The van der Waals surface area contributed by atoms with E-state index in [2.05, 4.69) is 12.2 Å². The summed E-state index contributed by atoms with van der Waals surface area (Å²) >= 11 is 0. The van der Waals surface area contributed by atoms with Gasteiger partial charge in [0, 0.05) is 25.2 Å². The maximum Gasteiger partial charge on any atom is 0.317 e. The van der Waals surface area contributed by atoms with E-state index in [9.17, 15) is 15.0 Å². The van der Waals surface area contributed by atoms with Crippen molar-refractivity contribution in [1.82, 2.24) is 10.2 Å². The molecule has 5 nitrogen and oxygen atoms in total. The highest BCUT2D eigenvalue weighted by molar-refractivity contribution is 5.80. The first kappa shape index (κ1) is 22.0. The number of benzene rings is 2. The van der Waals surface area contributed by atoms with E-state index in [0.29, 0.717) is 11.1 Å². The Bertz CT molecular complexity index is 873. The number of urea groups is 1. The van der Waals surface area contributed by atoms with E-state index in [0.717, 1.165) is 68.3 Å². The number of carbonyl (C=O) groups is 1. The standard InChI is InChI=1S/C25H34N2O3/c1-3-4-6-11-19-16-22(28)23(20-12-9-10-18(2)15-20)24(29)21(19)17-26-25(30)27-13-7-5-8-14-27/h9-10,12,15-16,28-29H,3-8,11,13-14,17H2,1-2H3,(H,26,30). The highest BCUT2D eigenvalue weighted by atomic mass is 16.3. The number of nitrogens with one attached hydrogen (secondary N) is 1.